The van der Waals surface area contributed by atoms with Gasteiger partial charge in [0.25, 0.3) is 5.91 Å². The normalized spacial score (nSPS) is 10.4. The number of ether oxygens (including phenoxy) is 1. The molecule has 3 aromatic carbocycles. The van der Waals surface area contributed by atoms with E-state index in [1.165, 1.54) is 0 Å². The maximum atomic E-state index is 11.1. The Kier molecular flexibility index (Phi) is 6.36. The first-order chi connectivity index (χ1) is 13.9. The van der Waals surface area contributed by atoms with Crippen LogP contribution in [0.15, 0.2) is 66.7 Å². The third-order valence-corrected chi connectivity index (χ3v) is 4.54. The van der Waals surface area contributed by atoms with Gasteiger partial charge in [-0.1, -0.05) is 48.0 Å². The molecule has 0 saturated carbocycles. The van der Waals surface area contributed by atoms with Gasteiger partial charge in [0.2, 0.25) is 0 Å². The van der Waals surface area contributed by atoms with Crippen molar-refractivity contribution >= 4 is 29.2 Å². The highest BCUT2D eigenvalue weighted by Gasteiger charge is 2.12. The average Bonchev–Trinajstić information content (AvgIpc) is 2.68. The average molecular weight is 410 g/mol. The van der Waals surface area contributed by atoms with Crippen molar-refractivity contribution in [1.82, 2.24) is 0 Å². The van der Waals surface area contributed by atoms with Crippen molar-refractivity contribution in [3.8, 4) is 16.9 Å². The number of hydrogen-bond donors (Lipinski definition) is 3. The number of amides is 3. The van der Waals surface area contributed by atoms with Crippen LogP contribution in [0.5, 0.6) is 5.75 Å². The number of halogens is 1. The van der Waals surface area contributed by atoms with Crippen LogP contribution in [0.3, 0.4) is 0 Å². The van der Waals surface area contributed by atoms with E-state index in [1.807, 2.05) is 42.5 Å². The summed E-state index contributed by atoms with van der Waals surface area (Å²) in [5.41, 5.74) is 14.6. The number of benzene rings is 3. The second-order valence-corrected chi connectivity index (χ2v) is 6.84. The van der Waals surface area contributed by atoms with Gasteiger partial charge in [0.1, 0.15) is 5.75 Å². The van der Waals surface area contributed by atoms with Gasteiger partial charge < -0.3 is 21.5 Å². The highest BCUT2D eigenvalue weighted by molar-refractivity contribution is 6.33. The summed E-state index contributed by atoms with van der Waals surface area (Å²) >= 11 is 6.37. The molecule has 0 bridgehead atoms. The van der Waals surface area contributed by atoms with Crippen LogP contribution in [0, 0.1) is 0 Å². The molecule has 3 rings (SSSR count). The van der Waals surface area contributed by atoms with Gasteiger partial charge in [0, 0.05) is 21.8 Å². The molecule has 29 heavy (non-hydrogen) atoms. The lowest BCUT2D eigenvalue weighted by Gasteiger charge is -2.14. The zero-order chi connectivity index (χ0) is 20.8. The van der Waals surface area contributed by atoms with E-state index in [-0.39, 0.29) is 6.61 Å². The molecule has 5 N–H and O–H groups in total. The van der Waals surface area contributed by atoms with Crippen molar-refractivity contribution < 1.29 is 14.3 Å². The molecule has 0 unspecified atom stereocenters. The van der Waals surface area contributed by atoms with Crippen LogP contribution in [-0.4, -0.2) is 18.5 Å². The molecule has 0 aromatic heterocycles. The van der Waals surface area contributed by atoms with Crippen molar-refractivity contribution in [3.05, 3.63) is 82.9 Å². The molecule has 6 nitrogen and oxygen atoms in total. The summed E-state index contributed by atoms with van der Waals surface area (Å²) in [6, 6.07) is 19.9. The SMILES string of the molecule is NC(=O)COc1ccc(Cc2ccc(NC(N)=O)cc2)cc1-c1ccccc1Cl. The molecule has 0 heterocycles. The fourth-order valence-corrected chi connectivity index (χ4v) is 3.17. The molecule has 148 valence electrons. The zero-order valence-electron chi connectivity index (χ0n) is 15.5. The van der Waals surface area contributed by atoms with Crippen LogP contribution in [0.2, 0.25) is 5.02 Å². The number of nitrogens with one attached hydrogen (secondary N) is 1. The van der Waals surface area contributed by atoms with E-state index in [0.29, 0.717) is 22.9 Å². The maximum Gasteiger partial charge on any atom is 0.316 e. The standard InChI is InChI=1S/C22H20ClN3O3/c23-19-4-2-1-3-17(19)18-12-15(7-10-20(18)29-13-21(24)27)11-14-5-8-16(9-6-14)26-22(25)28/h1-10,12H,11,13H2,(H2,24,27)(H3,25,26,28). The van der Waals surface area contributed by atoms with Crippen LogP contribution in [0.1, 0.15) is 11.1 Å². The number of carbonyl (C=O) groups is 2. The molecule has 0 radical (unpaired) electrons. The molecule has 7 heteroatoms. The van der Waals surface area contributed by atoms with Gasteiger partial charge in [-0.3, -0.25) is 4.79 Å². The van der Waals surface area contributed by atoms with Crippen molar-refractivity contribution in [3.63, 3.8) is 0 Å². The van der Waals surface area contributed by atoms with Gasteiger partial charge in [-0.15, -0.1) is 0 Å². The highest BCUT2D eigenvalue weighted by Crippen LogP contribution is 2.36. The fourth-order valence-electron chi connectivity index (χ4n) is 2.94. The van der Waals surface area contributed by atoms with Gasteiger partial charge >= 0.3 is 6.03 Å². The van der Waals surface area contributed by atoms with E-state index in [2.05, 4.69) is 5.32 Å². The zero-order valence-corrected chi connectivity index (χ0v) is 16.3. The number of primary amides is 2. The third kappa shape index (κ3) is 5.49. The minimum Gasteiger partial charge on any atom is -0.483 e. The Hall–Kier alpha value is -3.51. The van der Waals surface area contributed by atoms with Crippen molar-refractivity contribution in [1.29, 1.82) is 0 Å². The summed E-state index contributed by atoms with van der Waals surface area (Å²) < 4.78 is 5.58. The summed E-state index contributed by atoms with van der Waals surface area (Å²) in [7, 11) is 0. The summed E-state index contributed by atoms with van der Waals surface area (Å²) in [5.74, 6) is -0.0227. The van der Waals surface area contributed by atoms with E-state index < -0.39 is 11.9 Å². The van der Waals surface area contributed by atoms with E-state index in [0.717, 1.165) is 22.3 Å². The second-order valence-electron chi connectivity index (χ2n) is 6.43. The first-order valence-electron chi connectivity index (χ1n) is 8.86. The van der Waals surface area contributed by atoms with Gasteiger partial charge in [0.05, 0.1) is 0 Å². The lowest BCUT2D eigenvalue weighted by molar-refractivity contribution is -0.119. The minimum absolute atomic E-state index is 0.217. The van der Waals surface area contributed by atoms with Crippen molar-refractivity contribution in [2.45, 2.75) is 6.42 Å². The number of anilines is 1. The molecule has 0 aliphatic rings. The fraction of sp³-hybridized carbons (Fsp3) is 0.0909. The van der Waals surface area contributed by atoms with Gasteiger partial charge in [-0.05, 0) is 47.9 Å². The predicted octanol–water partition coefficient (Wildman–Crippen LogP) is 3.95. The molecule has 0 spiro atoms. The molecular weight excluding hydrogens is 390 g/mol. The van der Waals surface area contributed by atoms with E-state index in [1.54, 1.807) is 24.3 Å². The number of nitrogens with two attached hydrogens (primary N) is 2. The monoisotopic (exact) mass is 409 g/mol. The molecule has 3 amide bonds. The lowest BCUT2D eigenvalue weighted by Crippen LogP contribution is -2.20. The summed E-state index contributed by atoms with van der Waals surface area (Å²) in [4.78, 5) is 22.1. The van der Waals surface area contributed by atoms with E-state index >= 15 is 0 Å². The summed E-state index contributed by atoms with van der Waals surface area (Å²) in [6.45, 7) is -0.217. The quantitative estimate of drug-likeness (QED) is 0.549. The molecule has 0 atom stereocenters. The molecular formula is C22H20ClN3O3. The van der Waals surface area contributed by atoms with E-state index in [4.69, 9.17) is 27.8 Å². The second kappa shape index (κ2) is 9.12. The molecule has 0 aliphatic heterocycles. The molecule has 3 aromatic rings. The lowest BCUT2D eigenvalue weighted by atomic mass is 9.98. The highest BCUT2D eigenvalue weighted by atomic mass is 35.5. The Morgan fingerprint density at radius 2 is 1.59 bits per heavy atom. The third-order valence-electron chi connectivity index (χ3n) is 4.21. The Labute approximate surface area is 173 Å². The Balaban J connectivity index is 1.90. The van der Waals surface area contributed by atoms with Crippen LogP contribution >= 0.6 is 11.6 Å². The van der Waals surface area contributed by atoms with Crippen LogP contribution in [-0.2, 0) is 11.2 Å². The molecule has 0 saturated heterocycles. The van der Waals surface area contributed by atoms with Crippen molar-refractivity contribution in [2.75, 3.05) is 11.9 Å². The first-order valence-corrected chi connectivity index (χ1v) is 9.24. The predicted molar refractivity (Wildman–Crippen MR) is 114 cm³/mol. The van der Waals surface area contributed by atoms with Gasteiger partial charge in [0.15, 0.2) is 6.61 Å². The number of rotatable bonds is 7. The number of urea groups is 1. The minimum atomic E-state index is -0.603. The van der Waals surface area contributed by atoms with Gasteiger partial charge in [-0.25, -0.2) is 4.79 Å². The number of hydrogen-bond acceptors (Lipinski definition) is 3. The molecule has 0 aliphatic carbocycles. The smallest absolute Gasteiger partial charge is 0.316 e. The topological polar surface area (TPSA) is 107 Å². The van der Waals surface area contributed by atoms with E-state index in [9.17, 15) is 9.59 Å². The summed E-state index contributed by atoms with van der Waals surface area (Å²) in [5, 5.41) is 3.11. The largest absolute Gasteiger partial charge is 0.483 e. The van der Waals surface area contributed by atoms with Crippen LogP contribution < -0.4 is 21.5 Å². The van der Waals surface area contributed by atoms with Crippen LogP contribution in [0.4, 0.5) is 10.5 Å². The Morgan fingerprint density at radius 1 is 0.897 bits per heavy atom. The first kappa shape index (κ1) is 20.2. The number of carbonyl (C=O) groups excluding carboxylic acids is 2. The Bertz CT molecular complexity index is 1040. The Morgan fingerprint density at radius 3 is 2.24 bits per heavy atom. The molecule has 0 fully saturated rings. The van der Waals surface area contributed by atoms with Crippen LogP contribution in [0.25, 0.3) is 11.1 Å². The maximum absolute atomic E-state index is 11.1. The summed E-state index contributed by atoms with van der Waals surface area (Å²) in [6.07, 6.45) is 0.657. The van der Waals surface area contributed by atoms with Gasteiger partial charge in [-0.2, -0.15) is 0 Å². The van der Waals surface area contributed by atoms with Crippen molar-refractivity contribution in [2.24, 2.45) is 11.5 Å².